The number of aromatic nitrogens is 1. The highest BCUT2D eigenvalue weighted by Gasteiger charge is 2.48. The van der Waals surface area contributed by atoms with Crippen molar-refractivity contribution in [3.05, 3.63) is 34.8 Å². The average Bonchev–Trinajstić information content (AvgIpc) is 2.98. The molecular weight excluding hydrogens is 365 g/mol. The number of alkyl halides is 3. The van der Waals surface area contributed by atoms with E-state index in [1.165, 1.54) is 17.4 Å². The Kier molecular flexibility index (Phi) is 4.17. The van der Waals surface area contributed by atoms with Crippen molar-refractivity contribution in [2.75, 3.05) is 6.61 Å². The average molecular weight is 382 g/mol. The molecule has 1 fully saturated rings. The number of thiazole rings is 1. The summed E-state index contributed by atoms with van der Waals surface area (Å²) in [6, 6.07) is 3.09. The van der Waals surface area contributed by atoms with Gasteiger partial charge in [0, 0.05) is 34.8 Å². The Morgan fingerprint density at radius 2 is 2.12 bits per heavy atom. The summed E-state index contributed by atoms with van der Waals surface area (Å²) in [4.78, 5) is 8.64. The second kappa shape index (κ2) is 6.14. The number of ether oxygens (including phenoxy) is 1. The van der Waals surface area contributed by atoms with E-state index in [1.54, 1.807) is 19.2 Å². The maximum Gasteiger partial charge on any atom is 0.418 e. The zero-order valence-electron chi connectivity index (χ0n) is 14.0. The van der Waals surface area contributed by atoms with Crippen molar-refractivity contribution in [3.63, 3.8) is 0 Å². The summed E-state index contributed by atoms with van der Waals surface area (Å²) >= 11 is 1.44. The fraction of sp³-hybridized carbons (Fsp3) is 0.444. The zero-order chi connectivity index (χ0) is 18.5. The molecule has 8 heteroatoms. The van der Waals surface area contributed by atoms with Crippen molar-refractivity contribution in [3.8, 4) is 10.6 Å². The van der Waals surface area contributed by atoms with Gasteiger partial charge < -0.3 is 9.84 Å². The standard InChI is InChI=1S/C18H17F3N2O2S/c1-10-8-13-11(16-22-6-7-26-16)2-3-12(14(13)23-10)15(18(19,20)21)25-9-17(24)4-5-17/h2-3,6-7,15,24H,4-5,8-9H2,1H3. The van der Waals surface area contributed by atoms with Crippen molar-refractivity contribution in [2.45, 2.75) is 44.1 Å². The minimum Gasteiger partial charge on any atom is -0.387 e. The lowest BCUT2D eigenvalue weighted by Gasteiger charge is -2.24. The first-order valence-electron chi connectivity index (χ1n) is 8.27. The Morgan fingerprint density at radius 3 is 2.73 bits per heavy atom. The van der Waals surface area contributed by atoms with Gasteiger partial charge in [-0.3, -0.25) is 4.99 Å². The molecule has 4 nitrogen and oxygen atoms in total. The van der Waals surface area contributed by atoms with Crippen LogP contribution in [0, 0.1) is 0 Å². The van der Waals surface area contributed by atoms with Crippen LogP contribution in [0.2, 0.25) is 0 Å². The molecule has 0 saturated heterocycles. The predicted octanol–water partition coefficient (Wildman–Crippen LogP) is 4.60. The maximum atomic E-state index is 13.7. The van der Waals surface area contributed by atoms with Gasteiger partial charge in [-0.2, -0.15) is 13.2 Å². The first-order chi connectivity index (χ1) is 12.3. The highest BCUT2D eigenvalue weighted by atomic mass is 32.1. The Labute approximate surface area is 152 Å². The third kappa shape index (κ3) is 3.28. The number of hydrogen-bond donors (Lipinski definition) is 1. The molecule has 1 N–H and O–H groups in total. The van der Waals surface area contributed by atoms with Crippen LogP contribution >= 0.6 is 11.3 Å². The molecular formula is C18H17F3N2O2S. The zero-order valence-corrected chi connectivity index (χ0v) is 14.8. The molecule has 1 aliphatic heterocycles. The molecule has 2 heterocycles. The Morgan fingerprint density at radius 1 is 1.35 bits per heavy atom. The Balaban J connectivity index is 1.75. The number of nitrogens with zero attached hydrogens (tertiary/aromatic N) is 2. The van der Waals surface area contributed by atoms with Crippen LogP contribution in [0.5, 0.6) is 0 Å². The van der Waals surface area contributed by atoms with Gasteiger partial charge >= 0.3 is 6.18 Å². The van der Waals surface area contributed by atoms with Gasteiger partial charge in [0.15, 0.2) is 6.10 Å². The van der Waals surface area contributed by atoms with Crippen LogP contribution < -0.4 is 0 Å². The molecule has 1 saturated carbocycles. The lowest BCUT2D eigenvalue weighted by Crippen LogP contribution is -2.28. The van der Waals surface area contributed by atoms with Crippen LogP contribution in [0.4, 0.5) is 18.9 Å². The molecule has 1 aliphatic carbocycles. The van der Waals surface area contributed by atoms with E-state index in [4.69, 9.17) is 4.74 Å². The topological polar surface area (TPSA) is 54.7 Å². The number of aliphatic imine (C=N–C) groups is 1. The minimum absolute atomic E-state index is 0.00564. The molecule has 1 unspecified atom stereocenters. The van der Waals surface area contributed by atoms with E-state index in [2.05, 4.69) is 9.98 Å². The molecule has 4 rings (SSSR count). The third-order valence-corrected chi connectivity index (χ3v) is 5.44. The van der Waals surface area contributed by atoms with Crippen LogP contribution in [0.1, 0.15) is 37.0 Å². The van der Waals surface area contributed by atoms with Gasteiger partial charge in [-0.1, -0.05) is 12.1 Å². The second-order valence-corrected chi connectivity index (χ2v) is 7.74. The molecule has 1 atom stereocenters. The van der Waals surface area contributed by atoms with Gasteiger partial charge in [-0.25, -0.2) is 4.98 Å². The van der Waals surface area contributed by atoms with Gasteiger partial charge in [0.25, 0.3) is 0 Å². The quantitative estimate of drug-likeness (QED) is 0.822. The van der Waals surface area contributed by atoms with Crippen LogP contribution in [-0.4, -0.2) is 34.2 Å². The van der Waals surface area contributed by atoms with E-state index >= 15 is 0 Å². The largest absolute Gasteiger partial charge is 0.418 e. The number of benzene rings is 1. The van der Waals surface area contributed by atoms with Gasteiger partial charge in [-0.05, 0) is 25.3 Å². The van der Waals surface area contributed by atoms with Gasteiger partial charge in [0.1, 0.15) is 5.01 Å². The van der Waals surface area contributed by atoms with Crippen molar-refractivity contribution >= 4 is 22.7 Å². The Hall–Kier alpha value is -1.77. The number of halogens is 3. The molecule has 1 aromatic heterocycles. The van der Waals surface area contributed by atoms with Gasteiger partial charge in [0.2, 0.25) is 0 Å². The molecule has 138 valence electrons. The molecule has 1 aromatic carbocycles. The van der Waals surface area contributed by atoms with E-state index in [0.717, 1.165) is 21.8 Å². The van der Waals surface area contributed by atoms with Crippen LogP contribution in [0.15, 0.2) is 28.7 Å². The first-order valence-corrected chi connectivity index (χ1v) is 9.15. The summed E-state index contributed by atoms with van der Waals surface area (Å²) in [5, 5.41) is 12.5. The molecule has 0 bridgehead atoms. The number of aliphatic hydroxyl groups is 1. The van der Waals surface area contributed by atoms with Gasteiger partial charge in [0.05, 0.1) is 17.9 Å². The monoisotopic (exact) mass is 382 g/mol. The van der Waals surface area contributed by atoms with Gasteiger partial charge in [-0.15, -0.1) is 11.3 Å². The highest BCUT2D eigenvalue weighted by molar-refractivity contribution is 7.13. The first kappa shape index (κ1) is 17.6. The lowest BCUT2D eigenvalue weighted by molar-refractivity contribution is -0.230. The summed E-state index contributed by atoms with van der Waals surface area (Å²) in [7, 11) is 0. The number of rotatable bonds is 5. The Bertz CT molecular complexity index is 858. The summed E-state index contributed by atoms with van der Waals surface area (Å²) in [5.74, 6) is 0. The van der Waals surface area contributed by atoms with E-state index < -0.39 is 17.9 Å². The molecule has 0 spiro atoms. The summed E-state index contributed by atoms with van der Waals surface area (Å²) in [5.41, 5.74) is 1.51. The molecule has 0 amide bonds. The van der Waals surface area contributed by atoms with E-state index in [-0.39, 0.29) is 12.2 Å². The smallest absolute Gasteiger partial charge is 0.387 e. The van der Waals surface area contributed by atoms with Crippen LogP contribution in [0.3, 0.4) is 0 Å². The minimum atomic E-state index is -4.59. The molecule has 26 heavy (non-hydrogen) atoms. The highest BCUT2D eigenvalue weighted by Crippen LogP contribution is 2.47. The lowest BCUT2D eigenvalue weighted by atomic mass is 9.96. The van der Waals surface area contributed by atoms with Crippen molar-refractivity contribution in [1.82, 2.24) is 4.98 Å². The fourth-order valence-corrected chi connectivity index (χ4v) is 3.80. The van der Waals surface area contributed by atoms with Crippen molar-refractivity contribution in [1.29, 1.82) is 0 Å². The number of hydrogen-bond acceptors (Lipinski definition) is 5. The normalized spacial score (nSPS) is 19.2. The third-order valence-electron chi connectivity index (χ3n) is 4.64. The molecule has 2 aromatic rings. The van der Waals surface area contributed by atoms with Crippen molar-refractivity contribution in [2.24, 2.45) is 4.99 Å². The molecule has 0 radical (unpaired) electrons. The van der Waals surface area contributed by atoms with Crippen molar-refractivity contribution < 1.29 is 23.0 Å². The second-order valence-electron chi connectivity index (χ2n) is 6.85. The predicted molar refractivity (Wildman–Crippen MR) is 93.0 cm³/mol. The molecule has 2 aliphatic rings. The fourth-order valence-electron chi connectivity index (χ4n) is 3.11. The summed E-state index contributed by atoms with van der Waals surface area (Å²) in [6.45, 7) is 1.47. The number of fused-ring (bicyclic) bond motifs is 1. The maximum absolute atomic E-state index is 13.7. The van der Waals surface area contributed by atoms with Crippen LogP contribution in [-0.2, 0) is 11.2 Å². The van der Waals surface area contributed by atoms with E-state index in [0.29, 0.717) is 24.9 Å². The summed E-state index contributed by atoms with van der Waals surface area (Å²) in [6.07, 6.45) is -3.60. The van der Waals surface area contributed by atoms with Crippen LogP contribution in [0.25, 0.3) is 10.6 Å². The van der Waals surface area contributed by atoms with E-state index in [1.807, 2.05) is 5.38 Å². The SMILES string of the molecule is CC1=Nc2c(C(OCC3(O)CC3)C(F)(F)F)ccc(-c3nccs3)c2C1. The van der Waals surface area contributed by atoms with E-state index in [9.17, 15) is 18.3 Å². The summed E-state index contributed by atoms with van der Waals surface area (Å²) < 4.78 is 46.2.